The van der Waals surface area contributed by atoms with Gasteiger partial charge < -0.3 is 15.2 Å². The largest absolute Gasteiger partial charge is 0.496 e. The zero-order valence-corrected chi connectivity index (χ0v) is 12.2. The van der Waals surface area contributed by atoms with Gasteiger partial charge in [-0.2, -0.15) is 0 Å². The summed E-state index contributed by atoms with van der Waals surface area (Å²) in [6, 6.07) is 7.09. The zero-order chi connectivity index (χ0) is 15.2. The number of methoxy groups -OCH3 is 1. The van der Waals surface area contributed by atoms with Crippen LogP contribution in [0.1, 0.15) is 31.2 Å². The lowest BCUT2D eigenvalue weighted by Gasteiger charge is -2.29. The maximum atomic E-state index is 12.2. The number of aliphatic carboxylic acids is 1. The fraction of sp³-hybridized carbons (Fsp3) is 0.500. The van der Waals surface area contributed by atoms with Gasteiger partial charge in [0.1, 0.15) is 5.75 Å². The number of carboxylic acids is 1. The van der Waals surface area contributed by atoms with Crippen molar-refractivity contribution in [3.63, 3.8) is 0 Å². The molecule has 0 saturated heterocycles. The van der Waals surface area contributed by atoms with Crippen molar-refractivity contribution in [2.24, 2.45) is 5.92 Å². The Morgan fingerprint density at radius 3 is 2.71 bits per heavy atom. The number of nitrogens with one attached hydrogen (secondary N) is 1. The third kappa shape index (κ3) is 3.97. The number of carboxylic acid groups (broad SMARTS) is 1. The first-order valence-electron chi connectivity index (χ1n) is 7.26. The van der Waals surface area contributed by atoms with Crippen molar-refractivity contribution >= 4 is 11.9 Å². The van der Waals surface area contributed by atoms with Crippen LogP contribution in [-0.2, 0) is 16.0 Å². The fourth-order valence-corrected chi connectivity index (χ4v) is 2.88. The molecule has 0 heterocycles. The molecular weight excluding hydrogens is 270 g/mol. The minimum absolute atomic E-state index is 0.155. The summed E-state index contributed by atoms with van der Waals surface area (Å²) in [7, 11) is 1.57. The summed E-state index contributed by atoms with van der Waals surface area (Å²) in [6.07, 6.45) is 3.44. The monoisotopic (exact) mass is 291 g/mol. The molecule has 1 aliphatic rings. The van der Waals surface area contributed by atoms with Crippen LogP contribution in [0.15, 0.2) is 24.3 Å². The molecule has 1 fully saturated rings. The van der Waals surface area contributed by atoms with Gasteiger partial charge in [0.25, 0.3) is 0 Å². The minimum Gasteiger partial charge on any atom is -0.496 e. The molecule has 1 amide bonds. The highest BCUT2D eigenvalue weighted by atomic mass is 16.5. The van der Waals surface area contributed by atoms with E-state index in [9.17, 15) is 14.7 Å². The lowest BCUT2D eigenvalue weighted by Crippen LogP contribution is -2.45. The van der Waals surface area contributed by atoms with Gasteiger partial charge in [0, 0.05) is 11.6 Å². The molecule has 2 unspecified atom stereocenters. The van der Waals surface area contributed by atoms with Crippen LogP contribution in [0.25, 0.3) is 0 Å². The van der Waals surface area contributed by atoms with E-state index >= 15 is 0 Å². The van der Waals surface area contributed by atoms with E-state index in [4.69, 9.17) is 4.74 Å². The molecule has 0 aliphatic heterocycles. The smallest absolute Gasteiger partial charge is 0.308 e. The highest BCUT2D eigenvalue weighted by Crippen LogP contribution is 2.25. The lowest BCUT2D eigenvalue weighted by atomic mass is 9.84. The summed E-state index contributed by atoms with van der Waals surface area (Å²) in [5.41, 5.74) is 0.806. The SMILES string of the molecule is COc1ccccc1CC(=O)NC1CCCCC1C(=O)O. The Kier molecular flexibility index (Phi) is 5.20. The predicted octanol–water partition coefficient (Wildman–Crippen LogP) is 2.00. The van der Waals surface area contributed by atoms with Crippen molar-refractivity contribution in [2.45, 2.75) is 38.1 Å². The molecule has 0 bridgehead atoms. The first-order valence-corrected chi connectivity index (χ1v) is 7.26. The predicted molar refractivity (Wildman–Crippen MR) is 78.2 cm³/mol. The summed E-state index contributed by atoms with van der Waals surface area (Å²) in [5, 5.41) is 12.1. The van der Waals surface area contributed by atoms with E-state index in [-0.39, 0.29) is 18.4 Å². The van der Waals surface area contributed by atoms with Crippen LogP contribution in [0.5, 0.6) is 5.75 Å². The maximum Gasteiger partial charge on any atom is 0.308 e. The average Bonchev–Trinajstić information content (AvgIpc) is 2.48. The minimum atomic E-state index is -0.822. The average molecular weight is 291 g/mol. The molecule has 5 nitrogen and oxygen atoms in total. The van der Waals surface area contributed by atoms with E-state index in [0.717, 1.165) is 24.8 Å². The summed E-state index contributed by atoms with van der Waals surface area (Å²) in [5.74, 6) is -0.776. The summed E-state index contributed by atoms with van der Waals surface area (Å²) < 4.78 is 5.22. The highest BCUT2D eigenvalue weighted by Gasteiger charge is 2.31. The van der Waals surface area contributed by atoms with Crippen LogP contribution in [0.4, 0.5) is 0 Å². The Bertz CT molecular complexity index is 515. The van der Waals surface area contributed by atoms with Crippen molar-refractivity contribution in [1.29, 1.82) is 0 Å². The Balaban J connectivity index is 1.99. The summed E-state index contributed by atoms with van der Waals surface area (Å²) in [6.45, 7) is 0. The third-order valence-corrected chi connectivity index (χ3v) is 3.97. The Morgan fingerprint density at radius 2 is 2.00 bits per heavy atom. The highest BCUT2D eigenvalue weighted by molar-refractivity contribution is 5.80. The first kappa shape index (κ1) is 15.4. The third-order valence-electron chi connectivity index (χ3n) is 3.97. The molecular formula is C16H21NO4. The second kappa shape index (κ2) is 7.11. The van der Waals surface area contributed by atoms with Crippen molar-refractivity contribution in [2.75, 3.05) is 7.11 Å². The number of hydrogen-bond donors (Lipinski definition) is 2. The first-order chi connectivity index (χ1) is 10.1. The van der Waals surface area contributed by atoms with Crippen molar-refractivity contribution in [3.8, 4) is 5.75 Å². The standard InChI is InChI=1S/C16H21NO4/c1-21-14-9-5-2-6-11(14)10-15(18)17-13-8-4-3-7-12(13)16(19)20/h2,5-6,9,12-13H,3-4,7-8,10H2,1H3,(H,17,18)(H,19,20). The number of ether oxygens (including phenoxy) is 1. The van der Waals surface area contributed by atoms with E-state index in [1.54, 1.807) is 7.11 Å². The second-order valence-electron chi connectivity index (χ2n) is 5.39. The molecule has 2 atom stereocenters. The van der Waals surface area contributed by atoms with E-state index in [1.807, 2.05) is 24.3 Å². The Labute approximate surface area is 124 Å². The number of hydrogen-bond acceptors (Lipinski definition) is 3. The number of amides is 1. The quantitative estimate of drug-likeness (QED) is 0.870. The molecule has 2 N–H and O–H groups in total. The van der Waals surface area contributed by atoms with Gasteiger partial charge in [0.05, 0.1) is 19.4 Å². The van der Waals surface area contributed by atoms with E-state index in [1.165, 1.54) is 0 Å². The molecule has 0 spiro atoms. The lowest BCUT2D eigenvalue weighted by molar-refractivity contribution is -0.144. The van der Waals surface area contributed by atoms with Gasteiger partial charge in [-0.15, -0.1) is 0 Å². The second-order valence-corrected chi connectivity index (χ2v) is 5.39. The van der Waals surface area contributed by atoms with Crippen LogP contribution in [0.3, 0.4) is 0 Å². The van der Waals surface area contributed by atoms with E-state index < -0.39 is 11.9 Å². The van der Waals surface area contributed by atoms with Gasteiger partial charge in [0.2, 0.25) is 5.91 Å². The van der Waals surface area contributed by atoms with Crippen LogP contribution < -0.4 is 10.1 Å². The normalized spacial score (nSPS) is 21.6. The van der Waals surface area contributed by atoms with Crippen LogP contribution in [0.2, 0.25) is 0 Å². The summed E-state index contributed by atoms with van der Waals surface area (Å²) >= 11 is 0. The van der Waals surface area contributed by atoms with Gasteiger partial charge >= 0.3 is 5.97 Å². The molecule has 0 radical (unpaired) electrons. The maximum absolute atomic E-state index is 12.2. The van der Waals surface area contributed by atoms with Crippen molar-refractivity contribution < 1.29 is 19.4 Å². The number of benzene rings is 1. The van der Waals surface area contributed by atoms with Gasteiger partial charge in [-0.1, -0.05) is 31.0 Å². The van der Waals surface area contributed by atoms with Crippen LogP contribution >= 0.6 is 0 Å². The number of carbonyl (C=O) groups is 2. The molecule has 114 valence electrons. The number of rotatable bonds is 5. The van der Waals surface area contributed by atoms with Gasteiger partial charge in [-0.05, 0) is 18.9 Å². The Hall–Kier alpha value is -2.04. The van der Waals surface area contributed by atoms with E-state index in [0.29, 0.717) is 12.2 Å². The molecule has 0 aromatic heterocycles. The topological polar surface area (TPSA) is 75.6 Å². The molecule has 21 heavy (non-hydrogen) atoms. The fourth-order valence-electron chi connectivity index (χ4n) is 2.88. The molecule has 2 rings (SSSR count). The van der Waals surface area contributed by atoms with Crippen molar-refractivity contribution in [1.82, 2.24) is 5.32 Å². The molecule has 5 heteroatoms. The van der Waals surface area contributed by atoms with Gasteiger partial charge in [0.15, 0.2) is 0 Å². The van der Waals surface area contributed by atoms with Gasteiger partial charge in [-0.3, -0.25) is 9.59 Å². The van der Waals surface area contributed by atoms with Crippen LogP contribution in [-0.4, -0.2) is 30.1 Å². The molecule has 1 aromatic rings. The molecule has 1 saturated carbocycles. The molecule has 1 aromatic carbocycles. The van der Waals surface area contributed by atoms with Gasteiger partial charge in [-0.25, -0.2) is 0 Å². The number of para-hydroxylation sites is 1. The van der Waals surface area contributed by atoms with Crippen LogP contribution in [0, 0.1) is 5.92 Å². The van der Waals surface area contributed by atoms with E-state index in [2.05, 4.69) is 5.32 Å². The molecule has 1 aliphatic carbocycles. The zero-order valence-electron chi connectivity index (χ0n) is 12.2. The summed E-state index contributed by atoms with van der Waals surface area (Å²) in [4.78, 5) is 23.4. The Morgan fingerprint density at radius 1 is 1.29 bits per heavy atom. The number of carbonyl (C=O) groups excluding carboxylic acids is 1. The van der Waals surface area contributed by atoms with Crippen molar-refractivity contribution in [3.05, 3.63) is 29.8 Å².